The Hall–Kier alpha value is -2.11. The monoisotopic (exact) mass is 247 g/mol. The van der Waals surface area contributed by atoms with E-state index in [-0.39, 0.29) is 5.91 Å². The lowest BCUT2D eigenvalue weighted by atomic mass is 10.2. The smallest absolute Gasteiger partial charge is 0.255 e. The average molecular weight is 247 g/mol. The van der Waals surface area contributed by atoms with Crippen LogP contribution in [0.5, 0.6) is 0 Å². The van der Waals surface area contributed by atoms with E-state index in [1.54, 1.807) is 15.6 Å². The molecule has 0 aliphatic heterocycles. The molecule has 0 fully saturated rings. The maximum Gasteiger partial charge on any atom is 0.255 e. The van der Waals surface area contributed by atoms with Gasteiger partial charge in [0.15, 0.2) is 0 Å². The van der Waals surface area contributed by atoms with Crippen molar-refractivity contribution in [1.82, 2.24) is 24.9 Å². The summed E-state index contributed by atoms with van der Waals surface area (Å²) in [6, 6.07) is 1.86. The average Bonchev–Trinajstić information content (AvgIpc) is 2.89. The van der Waals surface area contributed by atoms with Gasteiger partial charge in [-0.25, -0.2) is 0 Å². The van der Waals surface area contributed by atoms with Crippen LogP contribution in [-0.2, 0) is 13.6 Å². The number of nitrogens with one attached hydrogen (secondary N) is 1. The number of amides is 1. The second kappa shape index (κ2) is 5.03. The molecule has 0 unspecified atom stereocenters. The third-order valence-corrected chi connectivity index (χ3v) is 2.92. The first kappa shape index (κ1) is 12.3. The van der Waals surface area contributed by atoms with Crippen LogP contribution in [0.4, 0.5) is 0 Å². The molecule has 2 aromatic rings. The van der Waals surface area contributed by atoms with Crippen LogP contribution in [0.25, 0.3) is 0 Å². The highest BCUT2D eigenvalue weighted by atomic mass is 16.1. The highest BCUT2D eigenvalue weighted by Crippen LogP contribution is 2.11. The first-order chi connectivity index (χ1) is 8.59. The molecule has 0 atom stereocenters. The zero-order valence-corrected chi connectivity index (χ0v) is 10.8. The molecule has 0 bridgehead atoms. The second-order valence-corrected chi connectivity index (χ2v) is 4.19. The largest absolute Gasteiger partial charge is 0.350 e. The molecular weight excluding hydrogens is 230 g/mol. The Morgan fingerprint density at radius 1 is 1.44 bits per heavy atom. The number of hydrogen-bond donors (Lipinski definition) is 1. The molecule has 0 radical (unpaired) electrons. The minimum Gasteiger partial charge on any atom is -0.350 e. The molecule has 1 N–H and O–H groups in total. The third kappa shape index (κ3) is 2.42. The molecule has 0 aliphatic carbocycles. The Bertz CT molecular complexity index is 541. The van der Waals surface area contributed by atoms with Crippen LogP contribution in [0.3, 0.4) is 0 Å². The summed E-state index contributed by atoms with van der Waals surface area (Å²) in [7, 11) is 1.84. The number of aryl methyl sites for hydroxylation is 2. The standard InChI is InChI=1S/C12H17N5O/c1-9-11(10(2)16(3)15-9)12(18)13-6-8-17-7-4-5-14-17/h4-5,7H,6,8H2,1-3H3,(H,13,18). The van der Waals surface area contributed by atoms with Gasteiger partial charge in [0, 0.05) is 31.7 Å². The zero-order chi connectivity index (χ0) is 13.1. The zero-order valence-electron chi connectivity index (χ0n) is 10.8. The molecule has 0 saturated heterocycles. The highest BCUT2D eigenvalue weighted by Gasteiger charge is 2.16. The minimum atomic E-state index is -0.0785. The maximum absolute atomic E-state index is 12.0. The fourth-order valence-electron chi connectivity index (χ4n) is 1.91. The van der Waals surface area contributed by atoms with E-state index in [1.165, 1.54) is 0 Å². The van der Waals surface area contributed by atoms with Crippen LogP contribution in [0.15, 0.2) is 18.5 Å². The van der Waals surface area contributed by atoms with E-state index < -0.39 is 0 Å². The van der Waals surface area contributed by atoms with E-state index in [0.717, 1.165) is 11.4 Å². The molecule has 6 nitrogen and oxygen atoms in total. The Balaban J connectivity index is 1.95. The van der Waals surface area contributed by atoms with E-state index in [1.807, 2.05) is 33.2 Å². The van der Waals surface area contributed by atoms with Gasteiger partial charge in [0.1, 0.15) is 0 Å². The van der Waals surface area contributed by atoms with Gasteiger partial charge in [-0.2, -0.15) is 10.2 Å². The van der Waals surface area contributed by atoms with Gasteiger partial charge in [-0.05, 0) is 19.9 Å². The van der Waals surface area contributed by atoms with Gasteiger partial charge in [-0.1, -0.05) is 0 Å². The summed E-state index contributed by atoms with van der Waals surface area (Å²) in [5, 5.41) is 11.2. The van der Waals surface area contributed by atoms with Crippen LogP contribution in [0.2, 0.25) is 0 Å². The van der Waals surface area contributed by atoms with Crippen molar-refractivity contribution in [2.24, 2.45) is 7.05 Å². The Morgan fingerprint density at radius 2 is 2.22 bits per heavy atom. The van der Waals surface area contributed by atoms with Crippen LogP contribution in [0, 0.1) is 13.8 Å². The van der Waals surface area contributed by atoms with E-state index in [9.17, 15) is 4.79 Å². The fraction of sp³-hybridized carbons (Fsp3) is 0.417. The first-order valence-corrected chi connectivity index (χ1v) is 5.85. The van der Waals surface area contributed by atoms with E-state index >= 15 is 0 Å². The fourth-order valence-corrected chi connectivity index (χ4v) is 1.91. The van der Waals surface area contributed by atoms with E-state index in [4.69, 9.17) is 0 Å². The molecule has 0 aliphatic rings. The molecule has 1 amide bonds. The summed E-state index contributed by atoms with van der Waals surface area (Å²) in [6.07, 6.45) is 3.59. The Kier molecular flexibility index (Phi) is 3.45. The number of aromatic nitrogens is 4. The Morgan fingerprint density at radius 3 is 2.78 bits per heavy atom. The number of hydrogen-bond acceptors (Lipinski definition) is 3. The molecule has 0 spiro atoms. The van der Waals surface area contributed by atoms with Crippen LogP contribution >= 0.6 is 0 Å². The lowest BCUT2D eigenvalue weighted by Gasteiger charge is -2.05. The van der Waals surface area contributed by atoms with Gasteiger partial charge in [0.25, 0.3) is 5.91 Å². The van der Waals surface area contributed by atoms with Gasteiger partial charge in [0.05, 0.1) is 17.8 Å². The van der Waals surface area contributed by atoms with Gasteiger partial charge >= 0.3 is 0 Å². The van der Waals surface area contributed by atoms with Crippen molar-refractivity contribution >= 4 is 5.91 Å². The van der Waals surface area contributed by atoms with Gasteiger partial charge in [-0.15, -0.1) is 0 Å². The normalized spacial score (nSPS) is 10.6. The predicted octanol–water partition coefficient (Wildman–Crippen LogP) is 0.663. The lowest BCUT2D eigenvalue weighted by molar-refractivity contribution is 0.0950. The molecule has 2 heterocycles. The van der Waals surface area contributed by atoms with Crippen molar-refractivity contribution < 1.29 is 4.79 Å². The summed E-state index contributed by atoms with van der Waals surface area (Å²) in [4.78, 5) is 12.0. The SMILES string of the molecule is Cc1nn(C)c(C)c1C(=O)NCCn1cccn1. The topological polar surface area (TPSA) is 64.7 Å². The maximum atomic E-state index is 12.0. The van der Waals surface area contributed by atoms with Gasteiger partial charge in [-0.3, -0.25) is 14.2 Å². The second-order valence-electron chi connectivity index (χ2n) is 4.19. The van der Waals surface area contributed by atoms with Crippen molar-refractivity contribution in [3.63, 3.8) is 0 Å². The lowest BCUT2D eigenvalue weighted by Crippen LogP contribution is -2.28. The quantitative estimate of drug-likeness (QED) is 0.863. The highest BCUT2D eigenvalue weighted by molar-refractivity contribution is 5.96. The van der Waals surface area contributed by atoms with E-state index in [0.29, 0.717) is 18.7 Å². The molecule has 96 valence electrons. The number of rotatable bonds is 4. The molecule has 2 aromatic heterocycles. The summed E-state index contributed by atoms with van der Waals surface area (Å²) >= 11 is 0. The predicted molar refractivity (Wildman–Crippen MR) is 67.2 cm³/mol. The van der Waals surface area contributed by atoms with Crippen molar-refractivity contribution in [3.05, 3.63) is 35.4 Å². The molecule has 0 saturated carbocycles. The molecule has 0 aromatic carbocycles. The summed E-state index contributed by atoms with van der Waals surface area (Å²) < 4.78 is 3.50. The first-order valence-electron chi connectivity index (χ1n) is 5.85. The third-order valence-electron chi connectivity index (χ3n) is 2.92. The number of carbonyl (C=O) groups is 1. The van der Waals surface area contributed by atoms with Crippen molar-refractivity contribution in [2.45, 2.75) is 20.4 Å². The molecule has 2 rings (SSSR count). The van der Waals surface area contributed by atoms with Gasteiger partial charge < -0.3 is 5.32 Å². The van der Waals surface area contributed by atoms with E-state index in [2.05, 4.69) is 15.5 Å². The van der Waals surface area contributed by atoms with Crippen molar-refractivity contribution in [1.29, 1.82) is 0 Å². The van der Waals surface area contributed by atoms with Crippen LogP contribution in [0.1, 0.15) is 21.7 Å². The number of carbonyl (C=O) groups excluding carboxylic acids is 1. The van der Waals surface area contributed by atoms with Crippen LogP contribution < -0.4 is 5.32 Å². The number of nitrogens with zero attached hydrogens (tertiary/aromatic N) is 4. The molecular formula is C12H17N5O. The molecule has 6 heteroatoms. The van der Waals surface area contributed by atoms with Gasteiger partial charge in [0.2, 0.25) is 0 Å². The summed E-state index contributed by atoms with van der Waals surface area (Å²) in [5.74, 6) is -0.0785. The minimum absolute atomic E-state index is 0.0785. The van der Waals surface area contributed by atoms with Crippen LogP contribution in [-0.4, -0.2) is 32.0 Å². The summed E-state index contributed by atoms with van der Waals surface area (Å²) in [6.45, 7) is 4.95. The van der Waals surface area contributed by atoms with Crippen molar-refractivity contribution in [2.75, 3.05) is 6.54 Å². The molecule has 18 heavy (non-hydrogen) atoms. The van der Waals surface area contributed by atoms with Crippen molar-refractivity contribution in [3.8, 4) is 0 Å². The summed E-state index contributed by atoms with van der Waals surface area (Å²) in [5.41, 5.74) is 2.30. The Labute approximate surface area is 106 Å².